The molecule has 0 radical (unpaired) electrons. The fourth-order valence-electron chi connectivity index (χ4n) is 2.13. The molecule has 24 heavy (non-hydrogen) atoms. The van der Waals surface area contributed by atoms with E-state index < -0.39 is 5.97 Å². The van der Waals surface area contributed by atoms with Gasteiger partial charge in [-0.15, -0.1) is 0 Å². The van der Waals surface area contributed by atoms with Crippen molar-refractivity contribution in [2.45, 2.75) is 6.92 Å². The Labute approximate surface area is 141 Å². The molecule has 2 aromatic heterocycles. The number of carbonyl (C=O) groups is 1. The summed E-state index contributed by atoms with van der Waals surface area (Å²) in [4.78, 5) is 20.1. The van der Waals surface area contributed by atoms with Crippen LogP contribution in [0.5, 0.6) is 5.75 Å². The molecule has 0 aliphatic rings. The summed E-state index contributed by atoms with van der Waals surface area (Å²) in [5.41, 5.74) is 0.730. The Morgan fingerprint density at radius 1 is 1.38 bits per heavy atom. The molecule has 0 aliphatic carbocycles. The van der Waals surface area contributed by atoms with Crippen LogP contribution < -0.4 is 10.1 Å². The van der Waals surface area contributed by atoms with Crippen LogP contribution >= 0.6 is 11.6 Å². The van der Waals surface area contributed by atoms with Gasteiger partial charge in [0, 0.05) is 5.02 Å². The van der Waals surface area contributed by atoms with Gasteiger partial charge in [-0.25, -0.2) is 9.78 Å². The average molecular weight is 349 g/mol. The molecule has 3 aromatic rings. The standard InChI is InChI=1S/C15H13ClN4O4/c1-3-23-15(21)12-11-13(17-7-18-14(11)24-20-12)19-9-6-8(16)4-5-10(9)22-2/h4-7H,3H2,1-2H3,(H,17,18,19). The number of halogens is 1. The van der Waals surface area contributed by atoms with Crippen LogP contribution in [0.15, 0.2) is 29.0 Å². The molecular formula is C15H13ClN4O4. The minimum Gasteiger partial charge on any atom is -0.495 e. The third-order valence-electron chi connectivity index (χ3n) is 3.16. The summed E-state index contributed by atoms with van der Waals surface area (Å²) in [5, 5.41) is 7.62. The Hall–Kier alpha value is -2.87. The van der Waals surface area contributed by atoms with Gasteiger partial charge in [0.25, 0.3) is 5.71 Å². The first-order valence-electron chi connectivity index (χ1n) is 7.02. The maximum atomic E-state index is 12.0. The Bertz CT molecular complexity index is 896. The maximum absolute atomic E-state index is 12.0. The quantitative estimate of drug-likeness (QED) is 0.702. The SMILES string of the molecule is CCOC(=O)c1noc2ncnc(Nc3cc(Cl)ccc3OC)c12. The smallest absolute Gasteiger partial charge is 0.361 e. The number of carbonyl (C=O) groups excluding carboxylic acids is 1. The molecule has 0 spiro atoms. The van der Waals surface area contributed by atoms with Crippen LogP contribution in [0.25, 0.3) is 11.1 Å². The topological polar surface area (TPSA) is 99.4 Å². The summed E-state index contributed by atoms with van der Waals surface area (Å²) >= 11 is 6.03. The van der Waals surface area contributed by atoms with Crippen molar-refractivity contribution in [3.05, 3.63) is 35.2 Å². The van der Waals surface area contributed by atoms with Crippen LogP contribution in [0.1, 0.15) is 17.4 Å². The van der Waals surface area contributed by atoms with Crippen molar-refractivity contribution in [3.8, 4) is 5.75 Å². The Morgan fingerprint density at radius 2 is 2.21 bits per heavy atom. The van der Waals surface area contributed by atoms with E-state index in [1.54, 1.807) is 25.1 Å². The first-order chi connectivity index (χ1) is 11.6. The Kier molecular flexibility index (Phi) is 4.48. The number of benzene rings is 1. The van der Waals surface area contributed by atoms with Crippen LogP contribution in [-0.2, 0) is 4.74 Å². The predicted octanol–water partition coefficient (Wildman–Crippen LogP) is 3.20. The van der Waals surface area contributed by atoms with E-state index >= 15 is 0 Å². The van der Waals surface area contributed by atoms with Crippen LogP contribution in [0.3, 0.4) is 0 Å². The van der Waals surface area contributed by atoms with Gasteiger partial charge in [0.15, 0.2) is 0 Å². The van der Waals surface area contributed by atoms with Crippen molar-refractivity contribution in [2.24, 2.45) is 0 Å². The van der Waals surface area contributed by atoms with E-state index in [9.17, 15) is 4.79 Å². The fraction of sp³-hybridized carbons (Fsp3) is 0.200. The fourth-order valence-corrected chi connectivity index (χ4v) is 2.30. The van der Waals surface area contributed by atoms with E-state index in [4.69, 9.17) is 25.6 Å². The molecule has 1 N–H and O–H groups in total. The van der Waals surface area contributed by atoms with E-state index in [1.165, 1.54) is 13.4 Å². The van der Waals surface area contributed by atoms with Gasteiger partial charge in [-0.2, -0.15) is 4.98 Å². The summed E-state index contributed by atoms with van der Waals surface area (Å²) in [6.07, 6.45) is 1.29. The van der Waals surface area contributed by atoms with E-state index in [0.717, 1.165) is 0 Å². The van der Waals surface area contributed by atoms with Gasteiger partial charge in [-0.1, -0.05) is 16.8 Å². The van der Waals surface area contributed by atoms with Gasteiger partial charge in [-0.3, -0.25) is 0 Å². The first kappa shape index (κ1) is 16.0. The lowest BCUT2D eigenvalue weighted by atomic mass is 10.2. The van der Waals surface area contributed by atoms with Crippen LogP contribution in [-0.4, -0.2) is 34.8 Å². The number of nitrogens with zero attached hydrogens (tertiary/aromatic N) is 3. The van der Waals surface area contributed by atoms with Gasteiger partial charge in [0.2, 0.25) is 5.69 Å². The third-order valence-corrected chi connectivity index (χ3v) is 3.39. The van der Waals surface area contributed by atoms with Crippen molar-refractivity contribution in [2.75, 3.05) is 19.0 Å². The summed E-state index contributed by atoms with van der Waals surface area (Å²) in [5.74, 6) is 0.261. The van der Waals surface area contributed by atoms with Crippen LogP contribution in [0.2, 0.25) is 5.02 Å². The first-order valence-corrected chi connectivity index (χ1v) is 7.40. The van der Waals surface area contributed by atoms with E-state index in [0.29, 0.717) is 27.7 Å². The summed E-state index contributed by atoms with van der Waals surface area (Å²) in [6, 6.07) is 5.08. The number of methoxy groups -OCH3 is 1. The highest BCUT2D eigenvalue weighted by Crippen LogP contribution is 2.33. The molecule has 0 fully saturated rings. The zero-order chi connectivity index (χ0) is 17.1. The second kappa shape index (κ2) is 6.71. The molecule has 0 saturated carbocycles. The van der Waals surface area contributed by atoms with Crippen molar-refractivity contribution in [1.29, 1.82) is 0 Å². The number of hydrogen-bond acceptors (Lipinski definition) is 8. The average Bonchev–Trinajstić information content (AvgIpc) is 3.00. The second-order valence-corrected chi connectivity index (χ2v) is 5.06. The molecule has 124 valence electrons. The van der Waals surface area contributed by atoms with Gasteiger partial charge in [0.1, 0.15) is 23.3 Å². The molecule has 3 rings (SSSR count). The van der Waals surface area contributed by atoms with Crippen molar-refractivity contribution >= 4 is 40.2 Å². The molecule has 0 saturated heterocycles. The summed E-state index contributed by atoms with van der Waals surface area (Å²) < 4.78 is 15.3. The van der Waals surface area contributed by atoms with E-state index in [2.05, 4.69) is 20.4 Å². The molecule has 0 aliphatic heterocycles. The van der Waals surface area contributed by atoms with Crippen molar-refractivity contribution < 1.29 is 18.8 Å². The summed E-state index contributed by atoms with van der Waals surface area (Å²) in [7, 11) is 1.54. The molecule has 0 unspecified atom stereocenters. The van der Waals surface area contributed by atoms with Crippen LogP contribution in [0, 0.1) is 0 Å². The number of fused-ring (bicyclic) bond motifs is 1. The molecule has 1 aromatic carbocycles. The molecule has 9 heteroatoms. The number of nitrogens with one attached hydrogen (secondary N) is 1. The second-order valence-electron chi connectivity index (χ2n) is 4.62. The van der Waals surface area contributed by atoms with Gasteiger partial charge in [-0.05, 0) is 25.1 Å². The minimum atomic E-state index is -0.618. The highest BCUT2D eigenvalue weighted by atomic mass is 35.5. The van der Waals surface area contributed by atoms with Gasteiger partial charge < -0.3 is 19.3 Å². The number of hydrogen-bond donors (Lipinski definition) is 1. The molecule has 2 heterocycles. The highest BCUT2D eigenvalue weighted by molar-refractivity contribution is 6.31. The number of esters is 1. The van der Waals surface area contributed by atoms with Gasteiger partial charge in [0.05, 0.1) is 19.4 Å². The van der Waals surface area contributed by atoms with Crippen molar-refractivity contribution in [3.63, 3.8) is 0 Å². The normalized spacial score (nSPS) is 10.6. The Morgan fingerprint density at radius 3 is 2.96 bits per heavy atom. The zero-order valence-electron chi connectivity index (χ0n) is 12.9. The van der Waals surface area contributed by atoms with Crippen LogP contribution in [0.4, 0.5) is 11.5 Å². The lowest BCUT2D eigenvalue weighted by molar-refractivity contribution is 0.0517. The molecular weight excluding hydrogens is 336 g/mol. The monoisotopic (exact) mass is 348 g/mol. The van der Waals surface area contributed by atoms with Gasteiger partial charge >= 0.3 is 5.97 Å². The van der Waals surface area contributed by atoms with E-state index in [-0.39, 0.29) is 18.0 Å². The number of anilines is 2. The number of rotatable bonds is 5. The lowest BCUT2D eigenvalue weighted by Gasteiger charge is -2.11. The third kappa shape index (κ3) is 2.95. The maximum Gasteiger partial charge on any atom is 0.361 e. The van der Waals surface area contributed by atoms with E-state index in [1.807, 2.05) is 0 Å². The molecule has 0 amide bonds. The molecule has 8 nitrogen and oxygen atoms in total. The number of ether oxygens (including phenoxy) is 2. The number of aromatic nitrogens is 3. The lowest BCUT2D eigenvalue weighted by Crippen LogP contribution is -2.07. The van der Waals surface area contributed by atoms with Crippen molar-refractivity contribution in [1.82, 2.24) is 15.1 Å². The molecule has 0 atom stereocenters. The minimum absolute atomic E-state index is 0.00375. The Balaban J connectivity index is 2.08. The molecule has 0 bridgehead atoms. The largest absolute Gasteiger partial charge is 0.495 e. The summed E-state index contributed by atoms with van der Waals surface area (Å²) in [6.45, 7) is 1.92. The zero-order valence-corrected chi connectivity index (χ0v) is 13.6. The highest BCUT2D eigenvalue weighted by Gasteiger charge is 2.22. The predicted molar refractivity (Wildman–Crippen MR) is 86.8 cm³/mol.